The molecule has 0 amide bonds. The second-order valence-corrected chi connectivity index (χ2v) is 8.64. The molecule has 10 heteroatoms. The molecule has 2 aromatic carbocycles. The Bertz CT molecular complexity index is 1570. The van der Waals surface area contributed by atoms with Crippen molar-refractivity contribution >= 4 is 51.5 Å². The number of hydrogen-bond acceptors (Lipinski definition) is 9. The first-order valence-electron chi connectivity index (χ1n) is 10.7. The third kappa shape index (κ3) is 5.57. The van der Waals surface area contributed by atoms with Crippen molar-refractivity contribution in [3.8, 4) is 28.8 Å². The summed E-state index contributed by atoms with van der Waals surface area (Å²) in [5.74, 6) is 0.261. The number of hydrogen-bond donors (Lipinski definition) is 0. The molecule has 0 saturated carbocycles. The van der Waals surface area contributed by atoms with E-state index >= 15 is 0 Å². The lowest BCUT2D eigenvalue weighted by Crippen LogP contribution is -2.14. The Kier molecular flexibility index (Phi) is 7.68. The lowest BCUT2D eigenvalue weighted by molar-refractivity contribution is -0.145. The van der Waals surface area contributed by atoms with E-state index in [1.807, 2.05) is 0 Å². The molecule has 0 fully saturated rings. The maximum absolute atomic E-state index is 12.5. The van der Waals surface area contributed by atoms with Gasteiger partial charge in [0, 0.05) is 15.8 Å². The van der Waals surface area contributed by atoms with Crippen molar-refractivity contribution in [3.05, 3.63) is 73.9 Å². The van der Waals surface area contributed by atoms with Gasteiger partial charge in [0.2, 0.25) is 0 Å². The Morgan fingerprint density at radius 3 is 2.81 bits per heavy atom. The molecule has 0 N–H and O–H groups in total. The highest BCUT2D eigenvalue weighted by molar-refractivity contribution is 7.11. The molecular formula is C26H19ClN2O6S. The van der Waals surface area contributed by atoms with Gasteiger partial charge in [0.25, 0.3) is 0 Å². The van der Waals surface area contributed by atoms with E-state index in [2.05, 4.69) is 11.1 Å². The Morgan fingerprint density at radius 2 is 2.06 bits per heavy atom. The molecule has 0 aliphatic carbocycles. The van der Waals surface area contributed by atoms with Crippen LogP contribution >= 0.6 is 22.9 Å². The van der Waals surface area contributed by atoms with E-state index in [0.717, 1.165) is 0 Å². The first-order chi connectivity index (χ1) is 17.4. The average Bonchev–Trinajstić information content (AvgIpc) is 3.36. The van der Waals surface area contributed by atoms with Crippen molar-refractivity contribution in [2.45, 2.75) is 6.92 Å². The number of aromatic nitrogens is 1. The number of nitrogens with zero attached hydrogens (tertiary/aromatic N) is 2. The number of carbonyl (C=O) groups is 1. The molecule has 4 rings (SSSR count). The number of rotatable bonds is 8. The van der Waals surface area contributed by atoms with E-state index in [4.69, 9.17) is 30.2 Å². The van der Waals surface area contributed by atoms with Crippen LogP contribution in [-0.2, 0) is 9.53 Å². The van der Waals surface area contributed by atoms with Crippen LogP contribution in [0.15, 0.2) is 57.1 Å². The molecule has 0 aliphatic heterocycles. The van der Waals surface area contributed by atoms with E-state index in [0.29, 0.717) is 49.3 Å². The van der Waals surface area contributed by atoms with Gasteiger partial charge in [0.1, 0.15) is 16.7 Å². The SMILES string of the molecule is CCOC(=O)COc1ccc(/C=C(\C#N)c2nc(-c3cc4cc(Cl)ccc4oc3=O)cs2)cc1OC. The molecule has 0 saturated heterocycles. The van der Waals surface area contributed by atoms with Crippen molar-refractivity contribution in [1.82, 2.24) is 4.98 Å². The van der Waals surface area contributed by atoms with Gasteiger partial charge >= 0.3 is 11.6 Å². The van der Waals surface area contributed by atoms with Gasteiger partial charge in [-0.25, -0.2) is 14.6 Å². The van der Waals surface area contributed by atoms with Gasteiger partial charge in [-0.1, -0.05) is 17.7 Å². The van der Waals surface area contributed by atoms with Crippen molar-refractivity contribution in [1.29, 1.82) is 5.26 Å². The molecule has 2 aromatic heterocycles. The van der Waals surface area contributed by atoms with E-state index in [9.17, 15) is 14.9 Å². The monoisotopic (exact) mass is 522 g/mol. The Morgan fingerprint density at radius 1 is 1.22 bits per heavy atom. The standard InChI is InChI=1S/C26H19ClN2O6S/c1-3-33-24(30)13-34-22-6-4-15(9-23(22)32-2)8-17(12-28)25-29-20(14-36-25)19-11-16-10-18(27)5-7-21(16)35-26(19)31/h4-11,14H,3,13H2,1-2H3/b17-8+. The van der Waals surface area contributed by atoms with Crippen LogP contribution in [0.25, 0.3) is 33.9 Å². The summed E-state index contributed by atoms with van der Waals surface area (Å²) in [5, 5.41) is 13.1. The number of halogens is 1. The summed E-state index contributed by atoms with van der Waals surface area (Å²) in [6.45, 7) is 1.73. The van der Waals surface area contributed by atoms with Gasteiger partial charge in [0.05, 0.1) is 30.5 Å². The summed E-state index contributed by atoms with van der Waals surface area (Å²) in [4.78, 5) is 28.6. The predicted molar refractivity (Wildman–Crippen MR) is 137 cm³/mol. The molecule has 8 nitrogen and oxygen atoms in total. The maximum atomic E-state index is 12.5. The lowest BCUT2D eigenvalue weighted by Gasteiger charge is -2.11. The minimum atomic E-state index is -0.535. The zero-order valence-corrected chi connectivity index (χ0v) is 20.8. The van der Waals surface area contributed by atoms with Gasteiger partial charge in [0.15, 0.2) is 18.1 Å². The minimum absolute atomic E-state index is 0.250. The second kappa shape index (κ2) is 11.1. The first kappa shape index (κ1) is 25.0. The van der Waals surface area contributed by atoms with E-state index in [1.54, 1.807) is 60.8 Å². The number of thiazole rings is 1. The van der Waals surface area contributed by atoms with Crippen molar-refractivity contribution in [2.75, 3.05) is 20.3 Å². The van der Waals surface area contributed by atoms with Crippen LogP contribution in [-0.4, -0.2) is 31.3 Å². The van der Waals surface area contributed by atoms with Crippen molar-refractivity contribution < 1.29 is 23.4 Å². The number of carbonyl (C=O) groups excluding carboxylic acids is 1. The number of ether oxygens (including phenoxy) is 3. The van der Waals surface area contributed by atoms with E-state index in [1.165, 1.54) is 18.4 Å². The van der Waals surface area contributed by atoms with Gasteiger partial charge < -0.3 is 18.6 Å². The third-order valence-electron chi connectivity index (χ3n) is 4.97. The lowest BCUT2D eigenvalue weighted by atomic mass is 10.1. The fourth-order valence-electron chi connectivity index (χ4n) is 3.34. The van der Waals surface area contributed by atoms with E-state index in [-0.39, 0.29) is 18.8 Å². The Hall–Kier alpha value is -4.13. The summed E-state index contributed by atoms with van der Waals surface area (Å²) in [7, 11) is 1.47. The predicted octanol–water partition coefficient (Wildman–Crippen LogP) is 5.58. The maximum Gasteiger partial charge on any atom is 0.345 e. The fourth-order valence-corrected chi connectivity index (χ4v) is 4.30. The number of nitriles is 1. The zero-order valence-electron chi connectivity index (χ0n) is 19.2. The number of fused-ring (bicyclic) bond motifs is 1. The molecule has 0 atom stereocenters. The molecule has 2 heterocycles. The summed E-state index contributed by atoms with van der Waals surface area (Å²) >= 11 is 7.29. The molecular weight excluding hydrogens is 504 g/mol. The molecule has 4 aromatic rings. The highest BCUT2D eigenvalue weighted by Gasteiger charge is 2.15. The molecule has 0 aliphatic rings. The highest BCUT2D eigenvalue weighted by Crippen LogP contribution is 2.31. The van der Waals surface area contributed by atoms with E-state index < -0.39 is 11.6 Å². The second-order valence-electron chi connectivity index (χ2n) is 7.34. The molecule has 0 spiro atoms. The number of methoxy groups -OCH3 is 1. The summed E-state index contributed by atoms with van der Waals surface area (Å²) in [5.41, 5.74) is 1.50. The van der Waals surface area contributed by atoms with Crippen LogP contribution < -0.4 is 15.1 Å². The third-order valence-corrected chi connectivity index (χ3v) is 6.09. The summed E-state index contributed by atoms with van der Waals surface area (Å²) in [6, 6.07) is 13.8. The Balaban J connectivity index is 1.61. The van der Waals surface area contributed by atoms with Crippen LogP contribution in [0.4, 0.5) is 0 Å². The minimum Gasteiger partial charge on any atom is -0.493 e. The largest absolute Gasteiger partial charge is 0.493 e. The van der Waals surface area contributed by atoms with Crippen LogP contribution in [0, 0.1) is 11.3 Å². The molecule has 0 bridgehead atoms. The van der Waals surface area contributed by atoms with Crippen molar-refractivity contribution in [2.24, 2.45) is 0 Å². The van der Waals surface area contributed by atoms with Crippen LogP contribution in [0.1, 0.15) is 17.5 Å². The highest BCUT2D eigenvalue weighted by atomic mass is 35.5. The average molecular weight is 523 g/mol. The fraction of sp³-hybridized carbons (Fsp3) is 0.154. The first-order valence-corrected chi connectivity index (χ1v) is 12.0. The van der Waals surface area contributed by atoms with Crippen molar-refractivity contribution in [3.63, 3.8) is 0 Å². The smallest absolute Gasteiger partial charge is 0.345 e. The van der Waals surface area contributed by atoms with Gasteiger partial charge in [-0.2, -0.15) is 5.26 Å². The van der Waals surface area contributed by atoms with Crippen LogP contribution in [0.5, 0.6) is 11.5 Å². The molecule has 0 radical (unpaired) electrons. The summed E-state index contributed by atoms with van der Waals surface area (Å²) in [6.07, 6.45) is 1.64. The Labute approximate surface area is 214 Å². The van der Waals surface area contributed by atoms with Gasteiger partial charge in [-0.3, -0.25) is 0 Å². The topological polar surface area (TPSA) is 112 Å². The van der Waals surface area contributed by atoms with Crippen LogP contribution in [0.2, 0.25) is 5.02 Å². The quantitative estimate of drug-likeness (QED) is 0.167. The molecule has 36 heavy (non-hydrogen) atoms. The number of allylic oxidation sites excluding steroid dienone is 1. The van der Waals surface area contributed by atoms with Crippen LogP contribution in [0.3, 0.4) is 0 Å². The number of benzene rings is 2. The zero-order chi connectivity index (χ0) is 25.7. The van der Waals surface area contributed by atoms with Gasteiger partial charge in [-0.15, -0.1) is 11.3 Å². The summed E-state index contributed by atoms with van der Waals surface area (Å²) < 4.78 is 21.1. The van der Waals surface area contributed by atoms with Gasteiger partial charge in [-0.05, 0) is 55.0 Å². The number of esters is 1. The molecule has 182 valence electrons. The molecule has 0 unspecified atom stereocenters. The normalized spacial score (nSPS) is 11.2.